The number of para-hydroxylation sites is 1. The van der Waals surface area contributed by atoms with Crippen LogP contribution in [0.2, 0.25) is 0 Å². The van der Waals surface area contributed by atoms with E-state index in [2.05, 4.69) is 26.6 Å². The van der Waals surface area contributed by atoms with Crippen LogP contribution in [0.25, 0.3) is 10.9 Å². The molecule has 0 aliphatic heterocycles. The van der Waals surface area contributed by atoms with Crippen molar-refractivity contribution in [2.45, 2.75) is 19.3 Å². The van der Waals surface area contributed by atoms with Gasteiger partial charge in [0.05, 0.1) is 11.8 Å². The third kappa shape index (κ3) is 4.64. The second-order valence-electron chi connectivity index (χ2n) is 7.30. The molecule has 2 atom stereocenters. The third-order valence-corrected chi connectivity index (χ3v) is 4.91. The van der Waals surface area contributed by atoms with Crippen LogP contribution in [-0.4, -0.2) is 55.4 Å². The highest BCUT2D eigenvalue weighted by molar-refractivity contribution is 5.92. The zero-order valence-electron chi connectivity index (χ0n) is 15.5. The van der Waals surface area contributed by atoms with E-state index in [1.54, 1.807) is 0 Å². The van der Waals surface area contributed by atoms with Crippen LogP contribution in [0.15, 0.2) is 30.5 Å². The van der Waals surface area contributed by atoms with E-state index in [0.717, 1.165) is 24.9 Å². The highest BCUT2D eigenvalue weighted by Crippen LogP contribution is 2.38. The highest BCUT2D eigenvalue weighted by atomic mass is 16.2. The first-order valence-electron chi connectivity index (χ1n) is 9.31. The predicted octanol–water partition coefficient (Wildman–Crippen LogP) is 1.53. The molecule has 2 unspecified atom stereocenters. The Morgan fingerprint density at radius 2 is 1.81 bits per heavy atom. The Kier molecular flexibility index (Phi) is 5.93. The Morgan fingerprint density at radius 1 is 1.12 bits per heavy atom. The van der Waals surface area contributed by atoms with Crippen LogP contribution in [0.5, 0.6) is 0 Å². The molecule has 6 nitrogen and oxygen atoms in total. The number of hydrogen-bond donors (Lipinski definition) is 3. The van der Waals surface area contributed by atoms with Crippen molar-refractivity contribution in [3.05, 3.63) is 36.0 Å². The number of rotatable bonds is 9. The largest absolute Gasteiger partial charge is 0.361 e. The van der Waals surface area contributed by atoms with Gasteiger partial charge in [-0.2, -0.15) is 0 Å². The maximum Gasteiger partial charge on any atom is 0.223 e. The molecule has 1 saturated carbocycles. The van der Waals surface area contributed by atoms with Gasteiger partial charge in [-0.3, -0.25) is 9.59 Å². The lowest BCUT2D eigenvalue weighted by Gasteiger charge is -2.09. The molecule has 0 saturated heterocycles. The normalized spacial score (nSPS) is 18.9. The zero-order valence-corrected chi connectivity index (χ0v) is 15.5. The molecule has 1 aliphatic carbocycles. The average molecular weight is 356 g/mol. The van der Waals surface area contributed by atoms with Crippen molar-refractivity contribution >= 4 is 22.7 Å². The molecule has 1 heterocycles. The predicted molar refractivity (Wildman–Crippen MR) is 103 cm³/mol. The number of fused-ring (bicyclic) bond motifs is 1. The van der Waals surface area contributed by atoms with Gasteiger partial charge in [0.2, 0.25) is 11.8 Å². The summed E-state index contributed by atoms with van der Waals surface area (Å²) in [6, 6.07) is 8.15. The van der Waals surface area contributed by atoms with E-state index in [4.69, 9.17) is 0 Å². The first kappa shape index (κ1) is 18.5. The van der Waals surface area contributed by atoms with E-state index in [0.29, 0.717) is 19.5 Å². The first-order valence-corrected chi connectivity index (χ1v) is 9.31. The Balaban J connectivity index is 1.36. The lowest BCUT2D eigenvalue weighted by Crippen LogP contribution is -2.32. The summed E-state index contributed by atoms with van der Waals surface area (Å²) in [5.74, 6) is -0.298. The molecule has 2 amide bonds. The summed E-state index contributed by atoms with van der Waals surface area (Å²) < 4.78 is 0. The summed E-state index contributed by atoms with van der Waals surface area (Å²) in [6.07, 6.45) is 4.37. The molecule has 2 aromatic rings. The summed E-state index contributed by atoms with van der Waals surface area (Å²) >= 11 is 0. The molecule has 0 radical (unpaired) electrons. The second kappa shape index (κ2) is 8.36. The number of carbonyl (C=O) groups is 2. The van der Waals surface area contributed by atoms with Gasteiger partial charge in [-0.05, 0) is 51.5 Å². The molecule has 1 aromatic carbocycles. The van der Waals surface area contributed by atoms with E-state index < -0.39 is 0 Å². The van der Waals surface area contributed by atoms with Gasteiger partial charge in [-0.15, -0.1) is 0 Å². The Hall–Kier alpha value is -2.34. The summed E-state index contributed by atoms with van der Waals surface area (Å²) in [5.41, 5.74) is 2.31. The topological polar surface area (TPSA) is 77.2 Å². The molecular weight excluding hydrogens is 328 g/mol. The van der Waals surface area contributed by atoms with Crippen LogP contribution in [0, 0.1) is 11.8 Å². The monoisotopic (exact) mass is 356 g/mol. The summed E-state index contributed by atoms with van der Waals surface area (Å²) in [6.45, 7) is 2.21. The van der Waals surface area contributed by atoms with Gasteiger partial charge in [0.1, 0.15) is 0 Å². The van der Waals surface area contributed by atoms with E-state index in [9.17, 15) is 9.59 Å². The lowest BCUT2D eigenvalue weighted by molar-refractivity contribution is -0.127. The summed E-state index contributed by atoms with van der Waals surface area (Å²) in [7, 11) is 4.03. The Bertz CT molecular complexity index is 768. The molecule has 3 N–H and O–H groups in total. The van der Waals surface area contributed by atoms with Gasteiger partial charge in [-0.25, -0.2) is 0 Å². The smallest absolute Gasteiger partial charge is 0.223 e. The van der Waals surface area contributed by atoms with Gasteiger partial charge in [0.15, 0.2) is 0 Å². The van der Waals surface area contributed by atoms with Gasteiger partial charge in [0, 0.05) is 30.2 Å². The van der Waals surface area contributed by atoms with Gasteiger partial charge < -0.3 is 20.5 Å². The van der Waals surface area contributed by atoms with Gasteiger partial charge in [0.25, 0.3) is 0 Å². The van der Waals surface area contributed by atoms with Crippen molar-refractivity contribution in [3.63, 3.8) is 0 Å². The van der Waals surface area contributed by atoms with Crippen molar-refractivity contribution in [2.24, 2.45) is 11.8 Å². The second-order valence-corrected chi connectivity index (χ2v) is 7.30. The molecule has 6 heteroatoms. The number of aromatic amines is 1. The van der Waals surface area contributed by atoms with Gasteiger partial charge in [-0.1, -0.05) is 18.2 Å². The summed E-state index contributed by atoms with van der Waals surface area (Å²) in [4.78, 5) is 29.6. The number of nitrogens with zero attached hydrogens (tertiary/aromatic N) is 1. The third-order valence-electron chi connectivity index (χ3n) is 4.91. The van der Waals surface area contributed by atoms with Gasteiger partial charge >= 0.3 is 0 Å². The van der Waals surface area contributed by atoms with E-state index in [1.807, 2.05) is 38.5 Å². The molecule has 26 heavy (non-hydrogen) atoms. The minimum Gasteiger partial charge on any atom is -0.361 e. The van der Waals surface area contributed by atoms with Crippen LogP contribution < -0.4 is 10.6 Å². The quantitative estimate of drug-likeness (QED) is 0.597. The number of H-pyrrole nitrogens is 1. The van der Waals surface area contributed by atoms with Crippen molar-refractivity contribution in [3.8, 4) is 0 Å². The highest BCUT2D eigenvalue weighted by Gasteiger charge is 2.47. The van der Waals surface area contributed by atoms with Crippen LogP contribution in [-0.2, 0) is 16.0 Å². The van der Waals surface area contributed by atoms with Crippen molar-refractivity contribution < 1.29 is 9.59 Å². The number of hydrogen-bond acceptors (Lipinski definition) is 3. The van der Waals surface area contributed by atoms with Crippen molar-refractivity contribution in [2.75, 3.05) is 33.7 Å². The van der Waals surface area contributed by atoms with Crippen LogP contribution in [0.4, 0.5) is 0 Å². The summed E-state index contributed by atoms with van der Waals surface area (Å²) in [5, 5.41) is 7.11. The average Bonchev–Trinajstić information content (AvgIpc) is 3.33. The van der Waals surface area contributed by atoms with Crippen molar-refractivity contribution in [1.82, 2.24) is 20.5 Å². The molecule has 1 aliphatic rings. The number of carbonyl (C=O) groups excluding carboxylic acids is 2. The van der Waals surface area contributed by atoms with Crippen LogP contribution in [0.3, 0.4) is 0 Å². The maximum atomic E-state index is 12.2. The molecule has 140 valence electrons. The maximum absolute atomic E-state index is 12.2. The molecule has 1 aromatic heterocycles. The molecular formula is C20H28N4O2. The molecule has 0 spiro atoms. The first-order chi connectivity index (χ1) is 12.6. The number of aromatic nitrogens is 1. The minimum absolute atomic E-state index is 0.00159. The van der Waals surface area contributed by atoms with Crippen molar-refractivity contribution in [1.29, 1.82) is 0 Å². The molecule has 0 bridgehead atoms. The van der Waals surface area contributed by atoms with Crippen LogP contribution in [0.1, 0.15) is 18.4 Å². The Labute approximate surface area is 154 Å². The van der Waals surface area contributed by atoms with E-state index >= 15 is 0 Å². The molecule has 3 rings (SSSR count). The lowest BCUT2D eigenvalue weighted by atomic mass is 10.1. The van der Waals surface area contributed by atoms with Crippen LogP contribution >= 0.6 is 0 Å². The Morgan fingerprint density at radius 3 is 2.54 bits per heavy atom. The SMILES string of the molecule is CN(C)CCCNC(=O)C1CC1C(=O)NCCc1c[nH]c2ccccc12. The van der Waals surface area contributed by atoms with E-state index in [1.165, 1.54) is 10.9 Å². The van der Waals surface area contributed by atoms with E-state index in [-0.39, 0.29) is 23.7 Å². The fourth-order valence-corrected chi connectivity index (χ4v) is 3.30. The number of amides is 2. The number of benzene rings is 1. The fourth-order valence-electron chi connectivity index (χ4n) is 3.30. The zero-order chi connectivity index (χ0) is 18.5. The standard InChI is InChI=1S/C20H28N4O2/c1-24(2)11-5-9-21-19(25)16-12-17(16)20(26)22-10-8-14-13-23-18-7-4-3-6-15(14)18/h3-4,6-7,13,16-17,23H,5,8-12H2,1-2H3,(H,21,25)(H,22,26). The molecule has 1 fully saturated rings. The number of nitrogens with one attached hydrogen (secondary N) is 3. The fraction of sp³-hybridized carbons (Fsp3) is 0.500. The minimum atomic E-state index is -0.160.